The number of imidazole rings is 1. The largest absolute Gasteiger partial charge is 0.486 e. The van der Waals surface area contributed by atoms with Crippen molar-refractivity contribution in [1.29, 1.82) is 0 Å². The number of nitrogens with zero attached hydrogens (tertiary/aromatic N) is 3. The lowest BCUT2D eigenvalue weighted by Crippen LogP contribution is -2.33. The Morgan fingerprint density at radius 1 is 1.07 bits per heavy atom. The number of aromatic nitrogens is 2. The molecule has 2 aromatic heterocycles. The number of thiophene rings is 1. The van der Waals surface area contributed by atoms with Crippen LogP contribution in [0.2, 0.25) is 0 Å². The summed E-state index contributed by atoms with van der Waals surface area (Å²) in [5, 5.41) is 2.08. The number of fused-ring (bicyclic) bond motifs is 1. The summed E-state index contributed by atoms with van der Waals surface area (Å²) >= 11 is 1.73. The molecule has 0 bridgehead atoms. The zero-order valence-corrected chi connectivity index (χ0v) is 17.4. The van der Waals surface area contributed by atoms with E-state index in [9.17, 15) is 4.79 Å². The molecule has 0 saturated carbocycles. The van der Waals surface area contributed by atoms with E-state index in [4.69, 9.17) is 9.72 Å². The summed E-state index contributed by atoms with van der Waals surface area (Å²) in [7, 11) is 0. The number of hydrogen-bond acceptors (Lipinski definition) is 4. The lowest BCUT2D eigenvalue weighted by molar-refractivity contribution is -0.132. The fraction of sp³-hybridized carbons (Fsp3) is 0.250. The molecule has 5 nitrogen and oxygen atoms in total. The van der Waals surface area contributed by atoms with Crippen molar-refractivity contribution in [2.75, 3.05) is 6.54 Å². The van der Waals surface area contributed by atoms with Crippen LogP contribution in [0.25, 0.3) is 11.0 Å². The number of carbonyl (C=O) groups is 1. The molecule has 152 valence electrons. The molecule has 1 atom stereocenters. The molecule has 4 aromatic rings. The molecule has 3 heterocycles. The predicted octanol–water partition coefficient (Wildman–Crippen LogP) is 5.04. The van der Waals surface area contributed by atoms with Crippen molar-refractivity contribution in [2.24, 2.45) is 0 Å². The van der Waals surface area contributed by atoms with Gasteiger partial charge in [0.05, 0.1) is 17.1 Å². The highest BCUT2D eigenvalue weighted by Crippen LogP contribution is 2.34. The Morgan fingerprint density at radius 2 is 1.90 bits per heavy atom. The first-order valence-corrected chi connectivity index (χ1v) is 11.1. The number of rotatable bonds is 6. The van der Waals surface area contributed by atoms with Crippen molar-refractivity contribution in [3.05, 3.63) is 82.8 Å². The Labute approximate surface area is 179 Å². The summed E-state index contributed by atoms with van der Waals surface area (Å²) in [5.41, 5.74) is 1.84. The number of hydrogen-bond donors (Lipinski definition) is 0. The highest BCUT2D eigenvalue weighted by molar-refractivity contribution is 7.10. The summed E-state index contributed by atoms with van der Waals surface area (Å²) in [5.74, 6) is 1.69. The normalized spacial score (nSPS) is 16.3. The lowest BCUT2D eigenvalue weighted by Gasteiger charge is -2.24. The minimum Gasteiger partial charge on any atom is -0.486 e. The first-order chi connectivity index (χ1) is 14.8. The molecule has 1 fully saturated rings. The van der Waals surface area contributed by atoms with Crippen LogP contribution in [0.1, 0.15) is 29.6 Å². The van der Waals surface area contributed by atoms with Crippen molar-refractivity contribution in [1.82, 2.24) is 14.5 Å². The van der Waals surface area contributed by atoms with Crippen molar-refractivity contribution in [3.63, 3.8) is 0 Å². The molecular formula is C24H23N3O2S. The van der Waals surface area contributed by atoms with Gasteiger partial charge >= 0.3 is 0 Å². The van der Waals surface area contributed by atoms with Crippen LogP contribution in [0.5, 0.6) is 5.75 Å². The minimum atomic E-state index is 0.134. The quantitative estimate of drug-likeness (QED) is 0.442. The minimum absolute atomic E-state index is 0.134. The number of likely N-dealkylation sites (tertiary alicyclic amines) is 1. The molecule has 5 rings (SSSR count). The van der Waals surface area contributed by atoms with Gasteiger partial charge in [0.15, 0.2) is 0 Å². The van der Waals surface area contributed by atoms with Crippen LogP contribution in [0.4, 0.5) is 0 Å². The summed E-state index contributed by atoms with van der Waals surface area (Å²) in [4.78, 5) is 21.4. The first-order valence-electron chi connectivity index (χ1n) is 10.2. The van der Waals surface area contributed by atoms with Gasteiger partial charge in [-0.1, -0.05) is 36.4 Å². The highest BCUT2D eigenvalue weighted by Gasteiger charge is 2.31. The second-order valence-corrected chi connectivity index (χ2v) is 8.44. The maximum atomic E-state index is 13.3. The van der Waals surface area contributed by atoms with E-state index in [1.807, 2.05) is 64.1 Å². The average molecular weight is 418 g/mol. The Balaban J connectivity index is 1.41. The van der Waals surface area contributed by atoms with Gasteiger partial charge in [0.1, 0.15) is 24.7 Å². The lowest BCUT2D eigenvalue weighted by atomic mass is 10.2. The smallest absolute Gasteiger partial charge is 0.243 e. The number of carbonyl (C=O) groups excluding carboxylic acids is 1. The van der Waals surface area contributed by atoms with Crippen LogP contribution in [0, 0.1) is 0 Å². The zero-order valence-electron chi connectivity index (χ0n) is 16.6. The zero-order chi connectivity index (χ0) is 20.3. The standard InChI is InChI=1S/C24H23N3O2S/c28-24(26-14-6-12-21(26)22-13-7-15-30-22)16-27-20-11-5-4-10-19(20)25-23(27)17-29-18-8-2-1-3-9-18/h1-5,7-11,13,15,21H,6,12,14,16-17H2/t21-/m1/s1. The SMILES string of the molecule is O=C(Cn1c(COc2ccccc2)nc2ccccc21)N1CCC[C@@H]1c1cccs1. The van der Waals surface area contributed by atoms with Crippen molar-refractivity contribution >= 4 is 28.3 Å². The van der Waals surface area contributed by atoms with Crippen molar-refractivity contribution in [3.8, 4) is 5.75 Å². The average Bonchev–Trinajstić information content (AvgIpc) is 3.53. The maximum Gasteiger partial charge on any atom is 0.243 e. The molecule has 0 spiro atoms. The summed E-state index contributed by atoms with van der Waals surface area (Å²) in [6.45, 7) is 1.40. The van der Waals surface area contributed by atoms with Gasteiger partial charge < -0.3 is 14.2 Å². The summed E-state index contributed by atoms with van der Waals surface area (Å²) < 4.78 is 7.95. The first kappa shape index (κ1) is 18.9. The molecular weight excluding hydrogens is 394 g/mol. The molecule has 1 amide bonds. The maximum absolute atomic E-state index is 13.3. The van der Waals surface area contributed by atoms with E-state index in [1.54, 1.807) is 11.3 Å². The Hall–Kier alpha value is -3.12. The Bertz CT molecular complexity index is 1140. The van der Waals surface area contributed by atoms with E-state index >= 15 is 0 Å². The highest BCUT2D eigenvalue weighted by atomic mass is 32.1. The fourth-order valence-electron chi connectivity index (χ4n) is 4.14. The third-order valence-corrected chi connectivity index (χ3v) is 6.56. The van der Waals surface area contributed by atoms with Gasteiger partial charge in [0.2, 0.25) is 5.91 Å². The van der Waals surface area contributed by atoms with E-state index in [-0.39, 0.29) is 18.5 Å². The van der Waals surface area contributed by atoms with E-state index < -0.39 is 0 Å². The van der Waals surface area contributed by atoms with Gasteiger partial charge in [0.25, 0.3) is 0 Å². The molecule has 1 aliphatic rings. The van der Waals surface area contributed by atoms with Crippen LogP contribution >= 0.6 is 11.3 Å². The second kappa shape index (κ2) is 8.32. The molecule has 30 heavy (non-hydrogen) atoms. The summed E-state index contributed by atoms with van der Waals surface area (Å²) in [6.07, 6.45) is 2.07. The predicted molar refractivity (Wildman–Crippen MR) is 119 cm³/mol. The van der Waals surface area contributed by atoms with Crippen molar-refractivity contribution < 1.29 is 9.53 Å². The van der Waals surface area contributed by atoms with Crippen molar-refractivity contribution in [2.45, 2.75) is 32.0 Å². The van der Waals surface area contributed by atoms with Gasteiger partial charge in [-0.25, -0.2) is 4.98 Å². The van der Waals surface area contributed by atoms with E-state index in [0.717, 1.165) is 42.0 Å². The summed E-state index contributed by atoms with van der Waals surface area (Å²) in [6, 6.07) is 22.0. The van der Waals surface area contributed by atoms with Gasteiger partial charge in [-0.05, 0) is 48.6 Å². The van der Waals surface area contributed by atoms with Crippen LogP contribution < -0.4 is 4.74 Å². The molecule has 1 saturated heterocycles. The van der Waals surface area contributed by atoms with Crippen LogP contribution in [-0.4, -0.2) is 26.9 Å². The third kappa shape index (κ3) is 3.71. The van der Waals surface area contributed by atoms with E-state index in [1.165, 1.54) is 4.88 Å². The van der Waals surface area contributed by atoms with Gasteiger partial charge in [-0.15, -0.1) is 11.3 Å². The van der Waals surface area contributed by atoms with Crippen LogP contribution in [-0.2, 0) is 17.9 Å². The molecule has 2 aromatic carbocycles. The molecule has 6 heteroatoms. The van der Waals surface area contributed by atoms with Gasteiger partial charge in [-0.3, -0.25) is 4.79 Å². The Morgan fingerprint density at radius 3 is 2.73 bits per heavy atom. The molecule has 1 aliphatic heterocycles. The molecule has 0 radical (unpaired) electrons. The van der Waals surface area contributed by atoms with Crippen LogP contribution in [0.3, 0.4) is 0 Å². The number of amides is 1. The molecule has 0 unspecified atom stereocenters. The Kier molecular flexibility index (Phi) is 5.24. The second-order valence-electron chi connectivity index (χ2n) is 7.47. The topological polar surface area (TPSA) is 47.4 Å². The van der Waals surface area contributed by atoms with Crippen LogP contribution in [0.15, 0.2) is 72.1 Å². The number of para-hydroxylation sites is 3. The number of benzene rings is 2. The van der Waals surface area contributed by atoms with E-state index in [0.29, 0.717) is 6.61 Å². The number of ether oxygens (including phenoxy) is 1. The van der Waals surface area contributed by atoms with E-state index in [2.05, 4.69) is 17.5 Å². The van der Waals surface area contributed by atoms with Gasteiger partial charge in [-0.2, -0.15) is 0 Å². The third-order valence-electron chi connectivity index (χ3n) is 5.58. The molecule has 0 aliphatic carbocycles. The monoisotopic (exact) mass is 417 g/mol. The molecule has 0 N–H and O–H groups in total. The van der Waals surface area contributed by atoms with Gasteiger partial charge in [0, 0.05) is 11.4 Å². The fourth-order valence-corrected chi connectivity index (χ4v) is 5.02.